The molecule has 1 saturated heterocycles. The zero-order chi connectivity index (χ0) is 14.7. The van der Waals surface area contributed by atoms with Crippen molar-refractivity contribution < 1.29 is 9.32 Å². The minimum Gasteiger partial charge on any atom is -0.338 e. The van der Waals surface area contributed by atoms with E-state index in [1.807, 2.05) is 6.92 Å². The number of piperazine rings is 1. The number of anilines is 1. The number of nitrogens with zero attached hydrogens (tertiary/aromatic N) is 2. The number of aromatic nitrogens is 1. The lowest BCUT2D eigenvalue weighted by Crippen LogP contribution is -2.63. The minimum atomic E-state index is -0.0157. The summed E-state index contributed by atoms with van der Waals surface area (Å²) in [5, 5.41) is 10.1. The highest BCUT2D eigenvalue weighted by Gasteiger charge is 2.40. The SMILES string of the molecule is Cc1cc(NC(=O)CN2CCNCC23CCCCC3)on1. The van der Waals surface area contributed by atoms with Gasteiger partial charge in [0, 0.05) is 31.2 Å². The Balaban J connectivity index is 1.62. The van der Waals surface area contributed by atoms with Gasteiger partial charge in [-0.3, -0.25) is 15.0 Å². The molecule has 1 amide bonds. The maximum atomic E-state index is 12.3. The van der Waals surface area contributed by atoms with Crippen LogP contribution in [0.25, 0.3) is 0 Å². The molecule has 1 aliphatic carbocycles. The summed E-state index contributed by atoms with van der Waals surface area (Å²) in [7, 11) is 0. The fraction of sp³-hybridized carbons (Fsp3) is 0.733. The lowest BCUT2D eigenvalue weighted by molar-refractivity contribution is -0.120. The summed E-state index contributed by atoms with van der Waals surface area (Å²) in [6, 6.07) is 1.74. The van der Waals surface area contributed by atoms with Crippen LogP contribution in [-0.4, -0.2) is 47.7 Å². The second kappa shape index (κ2) is 6.15. The molecule has 0 bridgehead atoms. The lowest BCUT2D eigenvalue weighted by atomic mass is 9.79. The third-order valence-corrected chi connectivity index (χ3v) is 4.69. The summed E-state index contributed by atoms with van der Waals surface area (Å²) in [6.45, 7) is 5.16. The van der Waals surface area contributed by atoms with Crippen molar-refractivity contribution in [2.45, 2.75) is 44.6 Å². The van der Waals surface area contributed by atoms with Crippen LogP contribution in [0, 0.1) is 6.92 Å². The molecule has 0 unspecified atom stereocenters. The van der Waals surface area contributed by atoms with Gasteiger partial charge in [0.15, 0.2) is 0 Å². The van der Waals surface area contributed by atoms with Gasteiger partial charge in [-0.25, -0.2) is 0 Å². The zero-order valence-corrected chi connectivity index (χ0v) is 12.7. The number of hydrogen-bond acceptors (Lipinski definition) is 5. The molecule has 1 saturated carbocycles. The Kier molecular flexibility index (Phi) is 4.26. The largest absolute Gasteiger partial charge is 0.338 e. The van der Waals surface area contributed by atoms with Crippen molar-refractivity contribution >= 4 is 11.8 Å². The minimum absolute atomic E-state index is 0.0157. The van der Waals surface area contributed by atoms with Crippen LogP contribution in [0.3, 0.4) is 0 Å². The van der Waals surface area contributed by atoms with Crippen LogP contribution in [-0.2, 0) is 4.79 Å². The summed E-state index contributed by atoms with van der Waals surface area (Å²) in [5.41, 5.74) is 0.946. The highest BCUT2D eigenvalue weighted by atomic mass is 16.5. The first-order chi connectivity index (χ1) is 10.2. The summed E-state index contributed by atoms with van der Waals surface area (Å²) in [5.74, 6) is 0.420. The van der Waals surface area contributed by atoms with Crippen molar-refractivity contribution in [3.8, 4) is 0 Å². The Morgan fingerprint density at radius 1 is 1.48 bits per heavy atom. The monoisotopic (exact) mass is 292 g/mol. The fourth-order valence-electron chi connectivity index (χ4n) is 3.61. The number of amides is 1. The van der Waals surface area contributed by atoms with Gasteiger partial charge in [-0.2, -0.15) is 0 Å². The van der Waals surface area contributed by atoms with Crippen molar-refractivity contribution in [3.63, 3.8) is 0 Å². The molecule has 21 heavy (non-hydrogen) atoms. The molecule has 2 aliphatic rings. The van der Waals surface area contributed by atoms with Gasteiger partial charge in [0.1, 0.15) is 0 Å². The van der Waals surface area contributed by atoms with Crippen LogP contribution in [0.1, 0.15) is 37.8 Å². The van der Waals surface area contributed by atoms with Gasteiger partial charge in [-0.15, -0.1) is 0 Å². The molecule has 2 heterocycles. The number of carbonyl (C=O) groups excluding carboxylic acids is 1. The molecule has 1 aliphatic heterocycles. The zero-order valence-electron chi connectivity index (χ0n) is 12.7. The van der Waals surface area contributed by atoms with Crippen molar-refractivity contribution in [1.82, 2.24) is 15.4 Å². The topological polar surface area (TPSA) is 70.4 Å². The Hall–Kier alpha value is -1.40. The second-order valence-corrected chi connectivity index (χ2v) is 6.26. The van der Waals surface area contributed by atoms with E-state index < -0.39 is 0 Å². The van der Waals surface area contributed by atoms with Gasteiger partial charge >= 0.3 is 0 Å². The van der Waals surface area contributed by atoms with Crippen molar-refractivity contribution in [3.05, 3.63) is 11.8 Å². The van der Waals surface area contributed by atoms with Crippen LogP contribution in [0.2, 0.25) is 0 Å². The summed E-state index contributed by atoms with van der Waals surface area (Å²) in [4.78, 5) is 14.6. The highest BCUT2D eigenvalue weighted by molar-refractivity contribution is 5.91. The number of nitrogens with one attached hydrogen (secondary N) is 2. The molecule has 116 valence electrons. The molecule has 0 atom stereocenters. The predicted octanol–water partition coefficient (Wildman–Crippen LogP) is 1.53. The first-order valence-corrected chi connectivity index (χ1v) is 7.87. The van der Waals surface area contributed by atoms with Crippen molar-refractivity contribution in [2.75, 3.05) is 31.5 Å². The third kappa shape index (κ3) is 3.27. The number of aryl methyl sites for hydroxylation is 1. The first kappa shape index (κ1) is 14.5. The summed E-state index contributed by atoms with van der Waals surface area (Å²) < 4.78 is 5.05. The van der Waals surface area contributed by atoms with E-state index in [4.69, 9.17) is 4.52 Å². The van der Waals surface area contributed by atoms with Gasteiger partial charge in [0.05, 0.1) is 12.2 Å². The van der Waals surface area contributed by atoms with E-state index >= 15 is 0 Å². The van der Waals surface area contributed by atoms with Crippen LogP contribution in [0.4, 0.5) is 5.88 Å². The number of hydrogen-bond donors (Lipinski definition) is 2. The molecule has 1 aromatic heterocycles. The summed E-state index contributed by atoms with van der Waals surface area (Å²) in [6.07, 6.45) is 6.23. The van der Waals surface area contributed by atoms with E-state index in [1.54, 1.807) is 6.07 Å². The second-order valence-electron chi connectivity index (χ2n) is 6.26. The van der Waals surface area contributed by atoms with Gasteiger partial charge < -0.3 is 9.84 Å². The van der Waals surface area contributed by atoms with Gasteiger partial charge in [-0.05, 0) is 19.8 Å². The molecular formula is C15H24N4O2. The van der Waals surface area contributed by atoms with Crippen molar-refractivity contribution in [1.29, 1.82) is 0 Å². The molecule has 1 spiro atoms. The molecule has 0 radical (unpaired) electrons. The average Bonchev–Trinajstić information content (AvgIpc) is 2.88. The molecule has 2 N–H and O–H groups in total. The molecule has 2 fully saturated rings. The molecule has 3 rings (SSSR count). The third-order valence-electron chi connectivity index (χ3n) is 4.69. The molecule has 0 aromatic carbocycles. The predicted molar refractivity (Wildman–Crippen MR) is 80.1 cm³/mol. The van der Waals surface area contributed by atoms with E-state index in [2.05, 4.69) is 20.7 Å². The van der Waals surface area contributed by atoms with E-state index in [9.17, 15) is 4.79 Å². The number of carbonyl (C=O) groups is 1. The van der Waals surface area contributed by atoms with Gasteiger partial charge in [-0.1, -0.05) is 24.4 Å². The maximum Gasteiger partial charge on any atom is 0.240 e. The standard InChI is InChI=1S/C15H24N4O2/c1-12-9-14(21-18-12)17-13(20)10-19-8-7-16-11-15(19)5-3-2-4-6-15/h9,16H,2-8,10-11H2,1H3,(H,17,20). The Morgan fingerprint density at radius 3 is 3.00 bits per heavy atom. The maximum absolute atomic E-state index is 12.3. The quantitative estimate of drug-likeness (QED) is 0.884. The normalized spacial score (nSPS) is 22.3. The molecule has 6 nitrogen and oxygen atoms in total. The van der Waals surface area contributed by atoms with E-state index in [1.165, 1.54) is 32.1 Å². The van der Waals surface area contributed by atoms with Crippen LogP contribution >= 0.6 is 0 Å². The molecular weight excluding hydrogens is 268 g/mol. The lowest BCUT2D eigenvalue weighted by Gasteiger charge is -2.49. The highest BCUT2D eigenvalue weighted by Crippen LogP contribution is 2.34. The van der Waals surface area contributed by atoms with E-state index in [0.29, 0.717) is 12.4 Å². The number of rotatable bonds is 3. The summed E-state index contributed by atoms with van der Waals surface area (Å²) >= 11 is 0. The fourth-order valence-corrected chi connectivity index (χ4v) is 3.61. The smallest absolute Gasteiger partial charge is 0.240 e. The Labute approximate surface area is 125 Å². The van der Waals surface area contributed by atoms with Crippen LogP contribution < -0.4 is 10.6 Å². The molecule has 1 aromatic rings. The van der Waals surface area contributed by atoms with Crippen LogP contribution in [0.15, 0.2) is 10.6 Å². The van der Waals surface area contributed by atoms with Gasteiger partial charge in [0.25, 0.3) is 0 Å². The Morgan fingerprint density at radius 2 is 2.29 bits per heavy atom. The van der Waals surface area contributed by atoms with Gasteiger partial charge in [0.2, 0.25) is 11.8 Å². The van der Waals surface area contributed by atoms with Crippen LogP contribution in [0.5, 0.6) is 0 Å². The average molecular weight is 292 g/mol. The Bertz CT molecular complexity index is 485. The van der Waals surface area contributed by atoms with E-state index in [-0.39, 0.29) is 11.4 Å². The van der Waals surface area contributed by atoms with Crippen molar-refractivity contribution in [2.24, 2.45) is 0 Å². The first-order valence-electron chi connectivity index (χ1n) is 7.87. The van der Waals surface area contributed by atoms with E-state index in [0.717, 1.165) is 25.3 Å². The molecule has 6 heteroatoms.